The summed E-state index contributed by atoms with van der Waals surface area (Å²) in [7, 11) is 1.47. The number of amides is 1. The van der Waals surface area contributed by atoms with E-state index in [0.29, 0.717) is 21.4 Å². The number of benzene rings is 2. The van der Waals surface area contributed by atoms with Gasteiger partial charge in [0.25, 0.3) is 5.91 Å². The van der Waals surface area contributed by atoms with Crippen molar-refractivity contribution >= 4 is 40.6 Å². The van der Waals surface area contributed by atoms with Gasteiger partial charge in [-0.05, 0) is 55.4 Å². The Morgan fingerprint density at radius 1 is 1.28 bits per heavy atom. The van der Waals surface area contributed by atoms with Gasteiger partial charge in [0.05, 0.1) is 17.7 Å². The highest BCUT2D eigenvalue weighted by molar-refractivity contribution is 8.18. The standard InChI is InChI=1S/C21H20N2O5S/c1-12-6-4-8-15(10-12)22-21-23-19(24)17(29-21)11-14-7-5-9-16(27-3)18(14)28-13(2)20(25)26/h4-11,13H,1-3H3,(H,25,26)(H,22,23,24)/b17-11-/t13-/m0/s1. The number of hydrogen-bond donors (Lipinski definition) is 2. The molecule has 29 heavy (non-hydrogen) atoms. The summed E-state index contributed by atoms with van der Waals surface area (Å²) < 4.78 is 10.9. The fourth-order valence-electron chi connectivity index (χ4n) is 2.60. The largest absolute Gasteiger partial charge is 0.493 e. The number of aliphatic carboxylic acids is 1. The number of hydrogen-bond acceptors (Lipinski definition) is 6. The number of nitrogens with one attached hydrogen (secondary N) is 1. The highest BCUT2D eigenvalue weighted by atomic mass is 32.2. The molecule has 8 heteroatoms. The van der Waals surface area contributed by atoms with Crippen molar-refractivity contribution in [1.29, 1.82) is 0 Å². The van der Waals surface area contributed by atoms with Gasteiger partial charge in [-0.3, -0.25) is 4.79 Å². The van der Waals surface area contributed by atoms with Crippen LogP contribution >= 0.6 is 11.8 Å². The summed E-state index contributed by atoms with van der Waals surface area (Å²) in [6, 6.07) is 12.8. The van der Waals surface area contributed by atoms with Crippen LogP contribution in [0.2, 0.25) is 0 Å². The van der Waals surface area contributed by atoms with Crippen LogP contribution in [0.1, 0.15) is 18.1 Å². The normalized spacial score (nSPS) is 17.3. The maximum atomic E-state index is 12.4. The van der Waals surface area contributed by atoms with Gasteiger partial charge in [0, 0.05) is 5.56 Å². The number of methoxy groups -OCH3 is 1. The Hall–Kier alpha value is -3.26. The molecule has 2 N–H and O–H groups in total. The third kappa shape index (κ3) is 4.97. The van der Waals surface area contributed by atoms with Gasteiger partial charge in [0.1, 0.15) is 0 Å². The van der Waals surface area contributed by atoms with Crippen LogP contribution in [0.4, 0.5) is 5.69 Å². The van der Waals surface area contributed by atoms with Crippen molar-refractivity contribution in [3.8, 4) is 11.5 Å². The number of ether oxygens (including phenoxy) is 2. The lowest BCUT2D eigenvalue weighted by Crippen LogP contribution is -2.23. The summed E-state index contributed by atoms with van der Waals surface area (Å²) in [6.45, 7) is 3.40. The summed E-state index contributed by atoms with van der Waals surface area (Å²) in [5.74, 6) is -0.754. The van der Waals surface area contributed by atoms with Crippen molar-refractivity contribution < 1.29 is 24.2 Å². The first-order valence-electron chi connectivity index (χ1n) is 8.80. The molecule has 0 aliphatic carbocycles. The van der Waals surface area contributed by atoms with Crippen molar-refractivity contribution in [3.05, 3.63) is 58.5 Å². The van der Waals surface area contributed by atoms with Crippen molar-refractivity contribution in [2.24, 2.45) is 4.99 Å². The molecule has 150 valence electrons. The zero-order valence-electron chi connectivity index (χ0n) is 16.1. The summed E-state index contributed by atoms with van der Waals surface area (Å²) in [5, 5.41) is 12.4. The van der Waals surface area contributed by atoms with E-state index in [9.17, 15) is 9.59 Å². The van der Waals surface area contributed by atoms with Crippen LogP contribution in [-0.4, -0.2) is 35.4 Å². The Morgan fingerprint density at radius 2 is 2.03 bits per heavy atom. The third-order valence-corrected chi connectivity index (χ3v) is 4.95. The van der Waals surface area contributed by atoms with Gasteiger partial charge in [0.15, 0.2) is 22.8 Å². The van der Waals surface area contributed by atoms with Gasteiger partial charge < -0.3 is 19.9 Å². The van der Waals surface area contributed by atoms with Gasteiger partial charge in [0.2, 0.25) is 0 Å². The minimum Gasteiger partial charge on any atom is -0.493 e. The molecule has 1 atom stereocenters. The summed E-state index contributed by atoms with van der Waals surface area (Å²) >= 11 is 1.20. The molecule has 0 bridgehead atoms. The predicted molar refractivity (Wildman–Crippen MR) is 113 cm³/mol. The molecule has 0 unspecified atom stereocenters. The maximum absolute atomic E-state index is 12.4. The predicted octanol–water partition coefficient (Wildman–Crippen LogP) is 3.75. The lowest BCUT2D eigenvalue weighted by Gasteiger charge is -2.16. The van der Waals surface area contributed by atoms with E-state index in [0.717, 1.165) is 11.3 Å². The van der Waals surface area contributed by atoms with E-state index in [-0.39, 0.29) is 11.7 Å². The molecular formula is C21H20N2O5S. The Balaban J connectivity index is 1.92. The molecule has 1 amide bonds. The number of aliphatic imine (C=N–C) groups is 1. The van der Waals surface area contributed by atoms with Crippen LogP contribution in [0.5, 0.6) is 11.5 Å². The number of thioether (sulfide) groups is 1. The molecule has 2 aromatic carbocycles. The van der Waals surface area contributed by atoms with E-state index in [4.69, 9.17) is 14.6 Å². The number of para-hydroxylation sites is 1. The molecule has 0 radical (unpaired) electrons. The van der Waals surface area contributed by atoms with E-state index in [1.165, 1.54) is 25.8 Å². The first-order valence-corrected chi connectivity index (χ1v) is 9.61. The van der Waals surface area contributed by atoms with E-state index in [1.807, 2.05) is 31.2 Å². The first-order chi connectivity index (χ1) is 13.9. The molecular weight excluding hydrogens is 392 g/mol. The summed E-state index contributed by atoms with van der Waals surface area (Å²) in [4.78, 5) is 28.5. The molecule has 0 aromatic heterocycles. The smallest absolute Gasteiger partial charge is 0.344 e. The third-order valence-electron chi connectivity index (χ3n) is 4.04. The molecule has 1 heterocycles. The maximum Gasteiger partial charge on any atom is 0.344 e. The number of carbonyl (C=O) groups is 2. The molecule has 1 fully saturated rings. The van der Waals surface area contributed by atoms with Crippen molar-refractivity contribution in [3.63, 3.8) is 0 Å². The van der Waals surface area contributed by atoms with Crippen molar-refractivity contribution in [1.82, 2.24) is 5.32 Å². The average molecular weight is 412 g/mol. The molecule has 0 saturated carbocycles. The first kappa shape index (κ1) is 20.5. The lowest BCUT2D eigenvalue weighted by molar-refractivity contribution is -0.144. The van der Waals surface area contributed by atoms with Crippen LogP contribution in [0.15, 0.2) is 52.4 Å². The second-order valence-electron chi connectivity index (χ2n) is 6.30. The molecule has 1 saturated heterocycles. The lowest BCUT2D eigenvalue weighted by atomic mass is 10.1. The monoisotopic (exact) mass is 412 g/mol. The zero-order chi connectivity index (χ0) is 21.0. The van der Waals surface area contributed by atoms with Crippen LogP contribution in [0.3, 0.4) is 0 Å². The molecule has 1 aliphatic heterocycles. The Morgan fingerprint density at radius 3 is 2.72 bits per heavy atom. The Labute approximate surface area is 172 Å². The zero-order valence-corrected chi connectivity index (χ0v) is 16.9. The summed E-state index contributed by atoms with van der Waals surface area (Å²) in [6.07, 6.45) is 0.553. The minimum atomic E-state index is -1.10. The topological polar surface area (TPSA) is 97.2 Å². The molecule has 1 aliphatic rings. The number of amidine groups is 1. The average Bonchev–Trinajstić information content (AvgIpc) is 3.01. The van der Waals surface area contributed by atoms with Crippen LogP contribution in [-0.2, 0) is 9.59 Å². The Bertz CT molecular complexity index is 1020. The second kappa shape index (κ2) is 8.83. The number of aryl methyl sites for hydroxylation is 1. The van der Waals surface area contributed by atoms with Gasteiger partial charge in [-0.2, -0.15) is 0 Å². The highest BCUT2D eigenvalue weighted by Crippen LogP contribution is 2.36. The van der Waals surface area contributed by atoms with Gasteiger partial charge in [-0.1, -0.05) is 24.3 Å². The van der Waals surface area contributed by atoms with Crippen LogP contribution in [0, 0.1) is 6.92 Å². The number of rotatable bonds is 6. The van der Waals surface area contributed by atoms with Crippen molar-refractivity contribution in [2.45, 2.75) is 20.0 Å². The number of nitrogens with zero attached hydrogens (tertiary/aromatic N) is 1. The van der Waals surface area contributed by atoms with E-state index >= 15 is 0 Å². The molecule has 3 rings (SSSR count). The Kier molecular flexibility index (Phi) is 6.23. The number of carboxylic acid groups (broad SMARTS) is 1. The van der Waals surface area contributed by atoms with Gasteiger partial charge in [-0.25, -0.2) is 9.79 Å². The molecule has 2 aromatic rings. The SMILES string of the molecule is COc1cccc(/C=C2\SC(=Nc3cccc(C)c3)NC2=O)c1O[C@@H](C)C(=O)O. The van der Waals surface area contributed by atoms with Crippen LogP contribution < -0.4 is 14.8 Å². The highest BCUT2D eigenvalue weighted by Gasteiger charge is 2.25. The second-order valence-corrected chi connectivity index (χ2v) is 7.33. The van der Waals surface area contributed by atoms with Crippen molar-refractivity contribution in [2.75, 3.05) is 7.11 Å². The quantitative estimate of drug-likeness (QED) is 0.702. The van der Waals surface area contributed by atoms with Gasteiger partial charge in [-0.15, -0.1) is 0 Å². The fraction of sp³-hybridized carbons (Fsp3) is 0.190. The molecule has 0 spiro atoms. The number of carboxylic acids is 1. The fourth-order valence-corrected chi connectivity index (χ4v) is 3.43. The number of carbonyl (C=O) groups excluding carboxylic acids is 1. The van der Waals surface area contributed by atoms with E-state index in [1.54, 1.807) is 24.3 Å². The van der Waals surface area contributed by atoms with E-state index < -0.39 is 12.1 Å². The van der Waals surface area contributed by atoms with Crippen LogP contribution in [0.25, 0.3) is 6.08 Å². The summed E-state index contributed by atoms with van der Waals surface area (Å²) in [5.41, 5.74) is 2.35. The minimum absolute atomic E-state index is 0.259. The molecule has 7 nitrogen and oxygen atoms in total. The van der Waals surface area contributed by atoms with E-state index in [2.05, 4.69) is 10.3 Å². The van der Waals surface area contributed by atoms with Gasteiger partial charge >= 0.3 is 5.97 Å².